The summed E-state index contributed by atoms with van der Waals surface area (Å²) in [6.45, 7) is 4.63. The number of unbranched alkanes of at least 4 members (excludes halogenated alkanes) is 18. The number of phosphoric ester groups is 1. The molecule has 3 N–H and O–H groups in total. The molecule has 0 aliphatic rings. The maximum atomic E-state index is 13.0. The number of rotatable bonds is 53. The Bertz CT molecular complexity index is 1740. The van der Waals surface area contributed by atoms with Crippen molar-refractivity contribution in [3.05, 3.63) is 146 Å². The minimum Gasteiger partial charge on any atom is -0.387 e. The standard InChI is InChI=1S/C67H113N2O6P/c1-6-8-10-12-14-16-18-20-22-23-24-25-26-27-28-29-30-31-32-33-34-35-36-37-38-39-40-41-42-43-44-45-47-49-51-53-55-57-59-61-67(71)68-65(64-75-76(72,73)74-63-62-69(3,4)5)66(70)60-58-56-54-52-50-48-46-21-19-17-15-13-11-9-7-2/h8,10,14,16,19-22,24-25,27-28,30-31,33-34,36-37,39-40,50,52,58,60,65-66,70H,6-7,9,11-13,15,17-18,23,26,29,32,35,38,41-49,51,53-57,59,61-64H2,1-5H3,(H-,68,71,72,73)/p+1/b10-8-,16-14-,21-19+,22-20-,25-24-,28-27-,31-30-,34-33-,37-36-,40-39-,52-50+,60-58+. The summed E-state index contributed by atoms with van der Waals surface area (Å²) in [7, 11) is 1.53. The fourth-order valence-corrected chi connectivity index (χ4v) is 8.57. The molecule has 0 heterocycles. The molecule has 0 bridgehead atoms. The summed E-state index contributed by atoms with van der Waals surface area (Å²) in [6.07, 6.45) is 86.8. The fraction of sp³-hybridized carbons (Fsp3) is 0.627. The van der Waals surface area contributed by atoms with E-state index in [0.29, 0.717) is 17.4 Å². The van der Waals surface area contributed by atoms with E-state index in [4.69, 9.17) is 9.05 Å². The Labute approximate surface area is 468 Å². The van der Waals surface area contributed by atoms with Crippen LogP contribution in [0.3, 0.4) is 0 Å². The number of nitrogens with zero attached hydrogens (tertiary/aromatic N) is 1. The van der Waals surface area contributed by atoms with Crippen LogP contribution in [0.25, 0.3) is 0 Å². The molecule has 0 aromatic rings. The highest BCUT2D eigenvalue weighted by Gasteiger charge is 2.27. The van der Waals surface area contributed by atoms with Crippen molar-refractivity contribution in [1.29, 1.82) is 0 Å². The molecule has 0 fully saturated rings. The van der Waals surface area contributed by atoms with Crippen molar-refractivity contribution in [1.82, 2.24) is 5.32 Å². The minimum atomic E-state index is -4.37. The van der Waals surface area contributed by atoms with Gasteiger partial charge in [0.05, 0.1) is 39.9 Å². The second-order valence-corrected chi connectivity index (χ2v) is 22.4. The van der Waals surface area contributed by atoms with Gasteiger partial charge in [-0.3, -0.25) is 13.8 Å². The molecule has 0 aromatic carbocycles. The molecule has 0 aromatic heterocycles. The van der Waals surface area contributed by atoms with Crippen molar-refractivity contribution in [3.8, 4) is 0 Å². The number of carbonyl (C=O) groups is 1. The van der Waals surface area contributed by atoms with Gasteiger partial charge in [-0.05, 0) is 116 Å². The number of carbonyl (C=O) groups excluding carboxylic acids is 1. The van der Waals surface area contributed by atoms with Gasteiger partial charge in [0, 0.05) is 6.42 Å². The molecular formula is C67H114N2O6P+. The van der Waals surface area contributed by atoms with Gasteiger partial charge in [0.1, 0.15) is 13.2 Å². The van der Waals surface area contributed by atoms with Crippen molar-refractivity contribution in [2.45, 2.75) is 231 Å². The molecule has 3 unspecified atom stereocenters. The molecule has 0 rings (SSSR count). The van der Waals surface area contributed by atoms with E-state index < -0.39 is 20.0 Å². The Hall–Kier alpha value is -3.62. The number of amides is 1. The molecule has 3 atom stereocenters. The highest BCUT2D eigenvalue weighted by molar-refractivity contribution is 7.47. The molecule has 76 heavy (non-hydrogen) atoms. The van der Waals surface area contributed by atoms with E-state index in [-0.39, 0.29) is 19.1 Å². The van der Waals surface area contributed by atoms with Gasteiger partial charge >= 0.3 is 7.82 Å². The van der Waals surface area contributed by atoms with E-state index in [2.05, 4.69) is 153 Å². The molecule has 0 saturated carbocycles. The molecule has 1 amide bonds. The normalized spacial score (nSPS) is 14.9. The fourth-order valence-electron chi connectivity index (χ4n) is 7.83. The van der Waals surface area contributed by atoms with Gasteiger partial charge in [0.25, 0.3) is 0 Å². The predicted octanol–water partition coefficient (Wildman–Crippen LogP) is 18.9. The van der Waals surface area contributed by atoms with E-state index in [1.807, 2.05) is 27.2 Å². The van der Waals surface area contributed by atoms with Gasteiger partial charge in [-0.15, -0.1) is 0 Å². The van der Waals surface area contributed by atoms with Crippen LogP contribution in [-0.4, -0.2) is 73.4 Å². The summed E-state index contributed by atoms with van der Waals surface area (Å²) in [5, 5.41) is 13.9. The van der Waals surface area contributed by atoms with Crippen molar-refractivity contribution in [2.24, 2.45) is 0 Å². The van der Waals surface area contributed by atoms with Gasteiger partial charge < -0.3 is 19.8 Å². The minimum absolute atomic E-state index is 0.0461. The Kier molecular flexibility index (Phi) is 53.4. The maximum absolute atomic E-state index is 13.0. The van der Waals surface area contributed by atoms with Gasteiger partial charge in [-0.25, -0.2) is 4.57 Å². The van der Waals surface area contributed by atoms with Crippen LogP contribution in [0.4, 0.5) is 0 Å². The van der Waals surface area contributed by atoms with Crippen LogP contribution in [-0.2, 0) is 18.4 Å². The molecule has 0 aliphatic carbocycles. The van der Waals surface area contributed by atoms with Crippen molar-refractivity contribution >= 4 is 13.7 Å². The summed E-state index contributed by atoms with van der Waals surface area (Å²) >= 11 is 0. The van der Waals surface area contributed by atoms with E-state index in [9.17, 15) is 19.4 Å². The zero-order valence-corrected chi connectivity index (χ0v) is 50.1. The summed E-state index contributed by atoms with van der Waals surface area (Å²) in [4.78, 5) is 23.3. The van der Waals surface area contributed by atoms with Crippen LogP contribution >= 0.6 is 7.82 Å². The van der Waals surface area contributed by atoms with Crippen LogP contribution in [0.15, 0.2) is 146 Å². The Morgan fingerprint density at radius 1 is 0.461 bits per heavy atom. The molecular weight excluding hydrogens is 960 g/mol. The number of hydrogen-bond acceptors (Lipinski definition) is 5. The van der Waals surface area contributed by atoms with Crippen LogP contribution in [0.5, 0.6) is 0 Å². The molecule has 9 heteroatoms. The lowest BCUT2D eigenvalue weighted by Crippen LogP contribution is -2.45. The SMILES string of the molecule is CC/C=C\C/C=C\C/C=C\C/C=C\C/C=C\C/C=C\C/C=C\C/C=C\C/C=C\CCCCCCCCCCCCCC(=O)NC(COP(=O)(O)OCC[N+](C)(C)C)C(O)/C=C/CC/C=C/CC/C=C/CCCCCCC. The number of nitrogens with one attached hydrogen (secondary N) is 1. The average molecular weight is 1070 g/mol. The third-order valence-electron chi connectivity index (χ3n) is 12.5. The summed E-state index contributed by atoms with van der Waals surface area (Å²) < 4.78 is 23.7. The quantitative estimate of drug-likeness (QED) is 0.0243. The second kappa shape index (κ2) is 56.1. The molecule has 0 aliphatic heterocycles. The van der Waals surface area contributed by atoms with E-state index in [1.54, 1.807) is 6.08 Å². The van der Waals surface area contributed by atoms with Gasteiger partial charge in [0.2, 0.25) is 5.91 Å². The Morgan fingerprint density at radius 3 is 1.21 bits per heavy atom. The third-order valence-corrected chi connectivity index (χ3v) is 13.5. The van der Waals surface area contributed by atoms with E-state index in [1.165, 1.54) is 89.9 Å². The van der Waals surface area contributed by atoms with Crippen molar-refractivity contribution in [3.63, 3.8) is 0 Å². The molecule has 0 radical (unpaired) electrons. The number of aliphatic hydroxyl groups is 1. The number of phosphoric acid groups is 1. The number of allylic oxidation sites excluding steroid dienone is 23. The smallest absolute Gasteiger partial charge is 0.387 e. The van der Waals surface area contributed by atoms with E-state index in [0.717, 1.165) is 109 Å². The first-order valence-corrected chi connectivity index (χ1v) is 31.7. The first-order valence-electron chi connectivity index (χ1n) is 30.2. The van der Waals surface area contributed by atoms with E-state index >= 15 is 0 Å². The van der Waals surface area contributed by atoms with Crippen LogP contribution in [0.2, 0.25) is 0 Å². The van der Waals surface area contributed by atoms with Crippen molar-refractivity contribution < 1.29 is 32.9 Å². The molecule has 8 nitrogen and oxygen atoms in total. The first-order chi connectivity index (χ1) is 37.0. The maximum Gasteiger partial charge on any atom is 0.472 e. The Balaban J connectivity index is 4.14. The summed E-state index contributed by atoms with van der Waals surface area (Å²) in [5.74, 6) is -0.201. The number of quaternary nitrogens is 1. The second-order valence-electron chi connectivity index (χ2n) is 21.0. The number of aliphatic hydroxyl groups excluding tert-OH is 1. The lowest BCUT2D eigenvalue weighted by atomic mass is 10.0. The van der Waals surface area contributed by atoms with Gasteiger partial charge in [-0.1, -0.05) is 243 Å². The van der Waals surface area contributed by atoms with Crippen LogP contribution < -0.4 is 5.32 Å². The summed E-state index contributed by atoms with van der Waals surface area (Å²) in [6, 6.07) is -0.881. The number of likely N-dealkylation sites (N-methyl/N-ethyl adjacent to an activating group) is 1. The third kappa shape index (κ3) is 58.1. The average Bonchev–Trinajstić information content (AvgIpc) is 3.38. The first kappa shape index (κ1) is 72.4. The van der Waals surface area contributed by atoms with Crippen LogP contribution in [0.1, 0.15) is 219 Å². The van der Waals surface area contributed by atoms with Crippen molar-refractivity contribution in [2.75, 3.05) is 40.9 Å². The molecule has 0 spiro atoms. The predicted molar refractivity (Wildman–Crippen MR) is 331 cm³/mol. The zero-order chi connectivity index (χ0) is 55.6. The lowest BCUT2D eigenvalue weighted by Gasteiger charge is -2.25. The zero-order valence-electron chi connectivity index (χ0n) is 49.2. The number of hydrogen-bond donors (Lipinski definition) is 3. The topological polar surface area (TPSA) is 105 Å². The monoisotopic (exact) mass is 1070 g/mol. The molecule has 432 valence electrons. The highest BCUT2D eigenvalue weighted by Crippen LogP contribution is 2.43. The Morgan fingerprint density at radius 2 is 0.803 bits per heavy atom. The highest BCUT2D eigenvalue weighted by atomic mass is 31.2. The lowest BCUT2D eigenvalue weighted by molar-refractivity contribution is -0.870. The summed E-state index contributed by atoms with van der Waals surface area (Å²) in [5.41, 5.74) is 0. The van der Waals surface area contributed by atoms with Gasteiger partial charge in [-0.2, -0.15) is 0 Å². The van der Waals surface area contributed by atoms with Gasteiger partial charge in [0.15, 0.2) is 0 Å². The van der Waals surface area contributed by atoms with Crippen LogP contribution in [0, 0.1) is 0 Å². The molecule has 0 saturated heterocycles. The largest absolute Gasteiger partial charge is 0.472 e.